The molecule has 0 aromatic carbocycles. The van der Waals surface area contributed by atoms with E-state index in [0.29, 0.717) is 0 Å². The quantitative estimate of drug-likeness (QED) is 0.274. The van der Waals surface area contributed by atoms with Crippen LogP contribution in [0, 0.1) is 12.3 Å². The van der Waals surface area contributed by atoms with Gasteiger partial charge in [-0.25, -0.2) is 9.59 Å². The number of terminal acetylenes is 1. The van der Waals surface area contributed by atoms with E-state index >= 15 is 0 Å². The van der Waals surface area contributed by atoms with E-state index in [-0.39, 0.29) is 0 Å². The van der Waals surface area contributed by atoms with E-state index in [1.807, 2.05) is 5.92 Å². The minimum absolute atomic E-state index is 0.664. The van der Waals surface area contributed by atoms with Gasteiger partial charge >= 0.3 is 11.9 Å². The number of hydrogen-bond donors (Lipinski definition) is 6. The predicted octanol–water partition coefficient (Wildman–Crippen LogP) is -3.69. The fourth-order valence-electron chi connectivity index (χ4n) is 0.352. The summed E-state index contributed by atoms with van der Waals surface area (Å²) in [5, 5.41) is 32.5. The number of hydrogen-bond acceptors (Lipinski definition) is 6. The maximum Gasteiger partial charge on any atom is 0.335 e. The molecule has 0 spiro atoms. The van der Waals surface area contributed by atoms with Crippen molar-refractivity contribution in [2.24, 2.45) is 11.5 Å². The first-order valence-corrected chi connectivity index (χ1v) is 3.97. The van der Waals surface area contributed by atoms with Gasteiger partial charge in [0.1, 0.15) is 6.04 Å². The van der Waals surface area contributed by atoms with Crippen LogP contribution in [-0.4, -0.2) is 56.5 Å². The van der Waals surface area contributed by atoms with Crippen LogP contribution in [0.3, 0.4) is 0 Å². The second kappa shape index (κ2) is 8.05. The van der Waals surface area contributed by atoms with Gasteiger partial charge in [-0.2, -0.15) is 0 Å². The summed E-state index contributed by atoms with van der Waals surface area (Å²) in [7, 11) is 0. The molecule has 0 radical (unpaired) electrons. The number of primary amides is 1. The number of carboxylic acids is 2. The molecule has 0 aliphatic rings. The predicted molar refractivity (Wildman–Crippen MR) is 53.3 cm³/mol. The van der Waals surface area contributed by atoms with Crippen LogP contribution in [0.2, 0.25) is 0 Å². The van der Waals surface area contributed by atoms with Gasteiger partial charge in [-0.15, -0.1) is 6.42 Å². The first-order chi connectivity index (χ1) is 7.64. The van der Waals surface area contributed by atoms with Crippen molar-refractivity contribution in [2.75, 3.05) is 0 Å². The van der Waals surface area contributed by atoms with E-state index in [1.54, 1.807) is 0 Å². The molecule has 1 amide bonds. The molecule has 96 valence electrons. The lowest BCUT2D eigenvalue weighted by Crippen LogP contribution is -2.39. The third kappa shape index (κ3) is 7.74. The zero-order valence-corrected chi connectivity index (χ0v) is 8.48. The van der Waals surface area contributed by atoms with Gasteiger partial charge in [0.25, 0.3) is 0 Å². The smallest absolute Gasteiger partial charge is 0.335 e. The highest BCUT2D eigenvalue weighted by Gasteiger charge is 2.29. The number of aliphatic hydroxyl groups is 2. The van der Waals surface area contributed by atoms with Crippen molar-refractivity contribution in [1.29, 1.82) is 0 Å². The molecule has 0 saturated heterocycles. The molecule has 8 N–H and O–H groups in total. The monoisotopic (exact) mass is 248 g/mol. The summed E-state index contributed by atoms with van der Waals surface area (Å²) >= 11 is 0. The SMILES string of the molecule is C#CC(N)C(N)=O.O=C(O)C(O)C(O)C(=O)O. The molecule has 0 aliphatic heterocycles. The number of carbonyl (C=O) groups is 3. The highest BCUT2D eigenvalue weighted by molar-refractivity contribution is 5.83. The summed E-state index contributed by atoms with van der Waals surface area (Å²) < 4.78 is 0. The summed E-state index contributed by atoms with van der Waals surface area (Å²) in [5.74, 6) is -2.23. The average molecular weight is 248 g/mol. The summed E-state index contributed by atoms with van der Waals surface area (Å²) in [6.45, 7) is 0. The largest absolute Gasteiger partial charge is 0.479 e. The maximum absolute atomic E-state index is 9.89. The molecule has 0 aliphatic carbocycles. The molecule has 17 heavy (non-hydrogen) atoms. The summed E-state index contributed by atoms with van der Waals surface area (Å²) in [5.41, 5.74) is 9.55. The number of amides is 1. The van der Waals surface area contributed by atoms with Gasteiger partial charge in [-0.3, -0.25) is 4.79 Å². The minimum Gasteiger partial charge on any atom is -0.479 e. The first-order valence-electron chi connectivity index (χ1n) is 3.97. The van der Waals surface area contributed by atoms with Crippen LogP contribution in [0.5, 0.6) is 0 Å². The van der Waals surface area contributed by atoms with Crippen molar-refractivity contribution >= 4 is 17.8 Å². The first kappa shape index (κ1) is 17.3. The van der Waals surface area contributed by atoms with E-state index in [0.717, 1.165) is 0 Å². The van der Waals surface area contributed by atoms with Crippen LogP contribution in [0.4, 0.5) is 0 Å². The fourth-order valence-corrected chi connectivity index (χ4v) is 0.352. The number of aliphatic hydroxyl groups excluding tert-OH is 2. The molecule has 3 atom stereocenters. The van der Waals surface area contributed by atoms with E-state index in [9.17, 15) is 14.4 Å². The molecule has 9 heteroatoms. The molecular weight excluding hydrogens is 236 g/mol. The molecule has 0 heterocycles. The Bertz CT molecular complexity index is 317. The standard InChI is InChI=1S/C4H6N2O.C4H6O6/c1-2-3(5)4(6)7;5-1(3(7)8)2(6)4(9)10/h1,3H,5H2,(H2,6,7);1-2,5-6H,(H,7,8)(H,9,10). The van der Waals surface area contributed by atoms with Gasteiger partial charge in [0, 0.05) is 0 Å². The average Bonchev–Trinajstić information content (AvgIpc) is 2.26. The van der Waals surface area contributed by atoms with Crippen molar-refractivity contribution in [3.63, 3.8) is 0 Å². The van der Waals surface area contributed by atoms with E-state index in [4.69, 9.17) is 32.6 Å². The Kier molecular flexibility index (Phi) is 8.17. The number of nitrogens with two attached hydrogens (primary N) is 2. The Morgan fingerprint density at radius 3 is 1.41 bits per heavy atom. The highest BCUT2D eigenvalue weighted by atomic mass is 16.4. The molecule has 0 aromatic heterocycles. The van der Waals surface area contributed by atoms with Gasteiger partial charge < -0.3 is 31.9 Å². The topological polar surface area (TPSA) is 184 Å². The van der Waals surface area contributed by atoms with Crippen LogP contribution in [0.15, 0.2) is 0 Å². The zero-order chi connectivity index (χ0) is 14.2. The van der Waals surface area contributed by atoms with Crippen LogP contribution in [0.25, 0.3) is 0 Å². The molecule has 3 unspecified atom stereocenters. The summed E-state index contributed by atoms with van der Waals surface area (Å²) in [4.78, 5) is 29.4. The lowest BCUT2D eigenvalue weighted by molar-refractivity contribution is -0.165. The van der Waals surface area contributed by atoms with E-state index in [1.165, 1.54) is 0 Å². The minimum atomic E-state index is -2.27. The lowest BCUT2D eigenvalue weighted by Gasteiger charge is -2.07. The molecule has 0 rings (SSSR count). The van der Waals surface area contributed by atoms with E-state index in [2.05, 4.69) is 5.73 Å². The van der Waals surface area contributed by atoms with Crippen LogP contribution < -0.4 is 11.5 Å². The molecule has 0 bridgehead atoms. The van der Waals surface area contributed by atoms with Crippen LogP contribution in [0.1, 0.15) is 0 Å². The zero-order valence-electron chi connectivity index (χ0n) is 8.48. The summed E-state index contributed by atoms with van der Waals surface area (Å²) in [6, 6.07) is -0.931. The Labute approximate surface area is 95.6 Å². The Hall–Kier alpha value is -2.15. The van der Waals surface area contributed by atoms with Crippen LogP contribution >= 0.6 is 0 Å². The third-order valence-corrected chi connectivity index (χ3v) is 1.29. The molecular formula is C8H12N2O7. The van der Waals surface area contributed by atoms with Gasteiger partial charge in [-0.1, -0.05) is 5.92 Å². The second-order valence-corrected chi connectivity index (χ2v) is 2.61. The number of carbonyl (C=O) groups excluding carboxylic acids is 1. The van der Waals surface area contributed by atoms with Crippen molar-refractivity contribution < 1.29 is 34.8 Å². The number of rotatable bonds is 4. The molecule has 9 nitrogen and oxygen atoms in total. The van der Waals surface area contributed by atoms with Crippen molar-refractivity contribution in [2.45, 2.75) is 18.2 Å². The Morgan fingerprint density at radius 1 is 1.06 bits per heavy atom. The fraction of sp³-hybridized carbons (Fsp3) is 0.375. The number of aliphatic carboxylic acids is 2. The molecule has 0 aromatic rings. The van der Waals surface area contributed by atoms with Crippen LogP contribution in [-0.2, 0) is 14.4 Å². The number of carboxylic acid groups (broad SMARTS) is 2. The summed E-state index contributed by atoms with van der Waals surface area (Å²) in [6.07, 6.45) is 0.165. The molecule has 0 saturated carbocycles. The normalized spacial score (nSPS) is 14.2. The van der Waals surface area contributed by atoms with E-state index < -0.39 is 36.1 Å². The maximum atomic E-state index is 9.89. The van der Waals surface area contributed by atoms with Crippen molar-refractivity contribution in [3.8, 4) is 12.3 Å². The highest BCUT2D eigenvalue weighted by Crippen LogP contribution is 1.92. The van der Waals surface area contributed by atoms with Gasteiger partial charge in [0.15, 0.2) is 12.2 Å². The van der Waals surface area contributed by atoms with Crippen molar-refractivity contribution in [3.05, 3.63) is 0 Å². The van der Waals surface area contributed by atoms with Crippen molar-refractivity contribution in [1.82, 2.24) is 0 Å². The second-order valence-electron chi connectivity index (χ2n) is 2.61. The van der Waals surface area contributed by atoms with Gasteiger partial charge in [0.2, 0.25) is 5.91 Å². The Morgan fingerprint density at radius 2 is 1.35 bits per heavy atom. The van der Waals surface area contributed by atoms with Gasteiger partial charge in [-0.05, 0) is 0 Å². The third-order valence-electron chi connectivity index (χ3n) is 1.29. The lowest BCUT2D eigenvalue weighted by atomic mass is 10.2. The van der Waals surface area contributed by atoms with Gasteiger partial charge in [0.05, 0.1) is 0 Å². The Balaban J connectivity index is 0. The molecule has 0 fully saturated rings.